The van der Waals surface area contributed by atoms with Crippen LogP contribution in [-0.2, 0) is 4.79 Å². The van der Waals surface area contributed by atoms with Gasteiger partial charge in [-0.05, 0) is 25.1 Å². The third-order valence-electron chi connectivity index (χ3n) is 2.28. The van der Waals surface area contributed by atoms with Gasteiger partial charge in [0, 0.05) is 5.69 Å². The Morgan fingerprint density at radius 2 is 2.13 bits per heavy atom. The van der Waals surface area contributed by atoms with Crippen LogP contribution in [0.3, 0.4) is 0 Å². The van der Waals surface area contributed by atoms with Gasteiger partial charge in [-0.2, -0.15) is 0 Å². The summed E-state index contributed by atoms with van der Waals surface area (Å²) < 4.78 is 0. The summed E-state index contributed by atoms with van der Waals surface area (Å²) in [6.45, 7) is 1.91. The molecule has 2 nitrogen and oxygen atoms in total. The average Bonchev–Trinajstić information content (AvgIpc) is 2.53. The molecule has 80 valence electrons. The molecule has 0 radical (unpaired) electrons. The Bertz CT molecular complexity index is 410. The van der Waals surface area contributed by atoms with Crippen LogP contribution in [0.15, 0.2) is 18.2 Å². The molecule has 1 aliphatic heterocycles. The number of hydrogen-bond acceptors (Lipinski definition) is 2. The monoisotopic (exact) mass is 261 g/mol. The molecule has 1 aliphatic rings. The van der Waals surface area contributed by atoms with E-state index < -0.39 is 0 Å². The number of rotatable bonds is 1. The van der Waals surface area contributed by atoms with Gasteiger partial charge < -0.3 is 4.90 Å². The molecular formula is C10H9Cl2NOS. The van der Waals surface area contributed by atoms with Crippen LogP contribution in [0.1, 0.15) is 6.92 Å². The van der Waals surface area contributed by atoms with E-state index in [9.17, 15) is 4.79 Å². The van der Waals surface area contributed by atoms with Gasteiger partial charge in [0.05, 0.1) is 21.2 Å². The van der Waals surface area contributed by atoms with Crippen molar-refractivity contribution in [3.63, 3.8) is 0 Å². The highest BCUT2D eigenvalue weighted by atomic mass is 35.5. The van der Waals surface area contributed by atoms with Gasteiger partial charge in [0.2, 0.25) is 5.91 Å². The molecule has 0 bridgehead atoms. The zero-order valence-corrected chi connectivity index (χ0v) is 10.4. The maximum Gasteiger partial charge on any atom is 0.240 e. The van der Waals surface area contributed by atoms with Gasteiger partial charge in [-0.3, -0.25) is 4.79 Å². The molecule has 0 aliphatic carbocycles. The molecule has 1 fully saturated rings. The molecule has 5 heteroatoms. The average molecular weight is 262 g/mol. The second-order valence-corrected chi connectivity index (χ2v) is 5.42. The summed E-state index contributed by atoms with van der Waals surface area (Å²) >= 11 is 13.3. The van der Waals surface area contributed by atoms with E-state index in [1.807, 2.05) is 13.0 Å². The zero-order valence-electron chi connectivity index (χ0n) is 8.04. The van der Waals surface area contributed by atoms with Gasteiger partial charge >= 0.3 is 0 Å². The van der Waals surface area contributed by atoms with Crippen LogP contribution in [0.25, 0.3) is 0 Å². The van der Waals surface area contributed by atoms with E-state index in [1.165, 1.54) is 0 Å². The number of nitrogens with zero attached hydrogens (tertiary/aromatic N) is 1. The normalized spacial score (nSPS) is 21.1. The van der Waals surface area contributed by atoms with Crippen LogP contribution >= 0.6 is 35.0 Å². The van der Waals surface area contributed by atoms with Gasteiger partial charge in [0.25, 0.3) is 0 Å². The van der Waals surface area contributed by atoms with Crippen molar-refractivity contribution < 1.29 is 4.79 Å². The molecule has 0 aromatic heterocycles. The molecule has 0 saturated carbocycles. The molecule has 2 rings (SSSR count). The van der Waals surface area contributed by atoms with Crippen LogP contribution in [0.4, 0.5) is 5.69 Å². The molecule has 1 amide bonds. The summed E-state index contributed by atoms with van der Waals surface area (Å²) in [6.07, 6.45) is 0. The zero-order chi connectivity index (χ0) is 11.0. The van der Waals surface area contributed by atoms with Crippen molar-refractivity contribution in [3.05, 3.63) is 28.2 Å². The van der Waals surface area contributed by atoms with Crippen molar-refractivity contribution in [2.24, 2.45) is 0 Å². The summed E-state index contributed by atoms with van der Waals surface area (Å²) in [5.74, 6) is 0.802. The first-order valence-corrected chi connectivity index (χ1v) is 6.28. The first-order chi connectivity index (χ1) is 7.09. The molecule has 1 saturated heterocycles. The fourth-order valence-electron chi connectivity index (χ4n) is 1.40. The summed E-state index contributed by atoms with van der Waals surface area (Å²) in [5, 5.41) is 1.01. The van der Waals surface area contributed by atoms with Gasteiger partial charge in [0.15, 0.2) is 0 Å². The van der Waals surface area contributed by atoms with Crippen LogP contribution in [0.2, 0.25) is 10.0 Å². The van der Waals surface area contributed by atoms with Crippen LogP contribution in [0, 0.1) is 0 Å². The Hall–Kier alpha value is -0.380. The van der Waals surface area contributed by atoms with E-state index in [-0.39, 0.29) is 11.2 Å². The third kappa shape index (κ3) is 2.10. The highest BCUT2D eigenvalue weighted by molar-refractivity contribution is 8.01. The summed E-state index contributed by atoms with van der Waals surface area (Å²) in [7, 11) is 0. The quantitative estimate of drug-likeness (QED) is 0.772. The number of carbonyl (C=O) groups excluding carboxylic acids is 1. The van der Waals surface area contributed by atoms with Crippen molar-refractivity contribution in [3.8, 4) is 0 Å². The van der Waals surface area contributed by atoms with Gasteiger partial charge in [-0.25, -0.2) is 0 Å². The predicted molar refractivity (Wildman–Crippen MR) is 65.9 cm³/mol. The van der Waals surface area contributed by atoms with E-state index in [0.29, 0.717) is 15.9 Å². The number of thioether (sulfide) groups is 1. The van der Waals surface area contributed by atoms with Crippen molar-refractivity contribution >= 4 is 46.6 Å². The number of halogens is 2. The maximum atomic E-state index is 11.7. The van der Waals surface area contributed by atoms with Crippen LogP contribution in [0.5, 0.6) is 0 Å². The molecule has 1 aromatic rings. The first-order valence-electron chi connectivity index (χ1n) is 4.47. The topological polar surface area (TPSA) is 20.3 Å². The SMILES string of the molecule is CC1SCN(c2ccc(Cl)c(Cl)c2)C1=O. The Kier molecular flexibility index (Phi) is 3.14. The number of carbonyl (C=O) groups is 1. The first kappa shape index (κ1) is 11.1. The Balaban J connectivity index is 2.31. The van der Waals surface area contributed by atoms with E-state index in [4.69, 9.17) is 23.2 Å². The predicted octanol–water partition coefficient (Wildman–Crippen LogP) is 3.42. The van der Waals surface area contributed by atoms with Crippen molar-refractivity contribution in [1.82, 2.24) is 0 Å². The highest BCUT2D eigenvalue weighted by Crippen LogP contribution is 2.32. The highest BCUT2D eigenvalue weighted by Gasteiger charge is 2.29. The van der Waals surface area contributed by atoms with Crippen LogP contribution in [-0.4, -0.2) is 17.0 Å². The Morgan fingerprint density at radius 1 is 1.40 bits per heavy atom. The molecule has 15 heavy (non-hydrogen) atoms. The molecule has 1 heterocycles. The maximum absolute atomic E-state index is 11.7. The van der Waals surface area contributed by atoms with Crippen molar-refractivity contribution in [2.45, 2.75) is 12.2 Å². The summed E-state index contributed by atoms with van der Waals surface area (Å²) in [4.78, 5) is 13.5. The van der Waals surface area contributed by atoms with Crippen LogP contribution < -0.4 is 4.90 Å². The molecular weight excluding hydrogens is 253 g/mol. The van der Waals surface area contributed by atoms with E-state index in [2.05, 4.69) is 0 Å². The molecule has 0 N–H and O–H groups in total. The second kappa shape index (κ2) is 4.24. The number of benzene rings is 1. The minimum absolute atomic E-state index is 0.0273. The largest absolute Gasteiger partial charge is 0.302 e. The lowest BCUT2D eigenvalue weighted by atomic mass is 10.3. The van der Waals surface area contributed by atoms with Gasteiger partial charge in [0.1, 0.15) is 0 Å². The summed E-state index contributed by atoms with van der Waals surface area (Å²) in [6, 6.07) is 5.24. The minimum atomic E-state index is 0.0273. The molecule has 0 spiro atoms. The summed E-state index contributed by atoms with van der Waals surface area (Å²) in [5.41, 5.74) is 0.811. The van der Waals surface area contributed by atoms with Crippen molar-refractivity contribution in [2.75, 3.05) is 10.8 Å². The lowest BCUT2D eigenvalue weighted by Crippen LogP contribution is -2.27. The minimum Gasteiger partial charge on any atom is -0.302 e. The smallest absolute Gasteiger partial charge is 0.240 e. The molecule has 1 unspecified atom stereocenters. The van der Waals surface area contributed by atoms with Gasteiger partial charge in [-0.1, -0.05) is 23.2 Å². The lowest BCUT2D eigenvalue weighted by Gasteiger charge is -2.15. The fraction of sp³-hybridized carbons (Fsp3) is 0.300. The van der Waals surface area contributed by atoms with E-state index in [0.717, 1.165) is 5.69 Å². The number of hydrogen-bond donors (Lipinski definition) is 0. The Labute approximate surface area is 103 Å². The fourth-order valence-corrected chi connectivity index (χ4v) is 2.61. The standard InChI is InChI=1S/C10H9Cl2NOS/c1-6-10(14)13(5-15-6)7-2-3-8(11)9(12)4-7/h2-4,6H,5H2,1H3. The molecule has 1 aromatic carbocycles. The van der Waals surface area contributed by atoms with E-state index in [1.54, 1.807) is 28.8 Å². The molecule has 1 atom stereocenters. The number of amides is 1. The third-order valence-corrected chi connectivity index (χ3v) is 4.13. The van der Waals surface area contributed by atoms with Gasteiger partial charge in [-0.15, -0.1) is 11.8 Å². The Morgan fingerprint density at radius 3 is 2.67 bits per heavy atom. The number of anilines is 1. The second-order valence-electron chi connectivity index (χ2n) is 3.30. The van der Waals surface area contributed by atoms with Crippen molar-refractivity contribution in [1.29, 1.82) is 0 Å². The lowest BCUT2D eigenvalue weighted by molar-refractivity contribution is -0.117. The van der Waals surface area contributed by atoms with E-state index >= 15 is 0 Å².